The molecule has 1 aromatic carbocycles. The van der Waals surface area contributed by atoms with Crippen molar-refractivity contribution >= 4 is 11.5 Å². The molecule has 0 heterocycles. The quantitative estimate of drug-likeness (QED) is 0.614. The molecule has 0 spiro atoms. The molecule has 18 heavy (non-hydrogen) atoms. The van der Waals surface area contributed by atoms with Crippen molar-refractivity contribution in [3.63, 3.8) is 0 Å². The number of likely N-dealkylation sites (N-methyl/N-ethyl adjacent to an activating group) is 1. The van der Waals surface area contributed by atoms with E-state index in [4.69, 9.17) is 0 Å². The maximum Gasteiger partial charge on any atom is 0.101 e. The number of nitrogens with one attached hydrogen (secondary N) is 1. The van der Waals surface area contributed by atoms with Crippen LogP contribution in [0.3, 0.4) is 0 Å². The van der Waals surface area contributed by atoms with Gasteiger partial charge in [0.2, 0.25) is 0 Å². The van der Waals surface area contributed by atoms with Crippen molar-refractivity contribution in [1.82, 2.24) is 10.2 Å². The van der Waals surface area contributed by atoms with Crippen LogP contribution < -0.4 is 5.32 Å². The van der Waals surface area contributed by atoms with Crippen LogP contribution in [0.5, 0.6) is 0 Å². The van der Waals surface area contributed by atoms with Crippen molar-refractivity contribution in [2.75, 3.05) is 21.1 Å². The van der Waals surface area contributed by atoms with Gasteiger partial charge in [0.05, 0.1) is 17.8 Å². The normalized spacial score (nSPS) is 23.1. The number of fused-ring (bicyclic) bond motifs is 1. The zero-order valence-corrected chi connectivity index (χ0v) is 11.4. The molecule has 0 aliphatic heterocycles. The Labute approximate surface area is 108 Å². The largest absolute Gasteiger partial charge is 0.391 e. The molecule has 0 saturated heterocycles. The van der Waals surface area contributed by atoms with Crippen LogP contribution in [0.4, 0.5) is 5.69 Å². The second kappa shape index (κ2) is 5.08. The lowest BCUT2D eigenvalue weighted by molar-refractivity contribution is 0.145. The lowest BCUT2D eigenvalue weighted by atomic mass is 10.1. The average Bonchev–Trinajstić information content (AvgIpc) is 2.63. The van der Waals surface area contributed by atoms with Crippen molar-refractivity contribution < 1.29 is 5.11 Å². The van der Waals surface area contributed by atoms with Gasteiger partial charge in [0.25, 0.3) is 0 Å². The van der Waals surface area contributed by atoms with Gasteiger partial charge in [0.1, 0.15) is 5.84 Å². The van der Waals surface area contributed by atoms with Crippen LogP contribution in [0.1, 0.15) is 24.1 Å². The van der Waals surface area contributed by atoms with Crippen LogP contribution in [0, 0.1) is 0 Å². The maximum absolute atomic E-state index is 9.96. The summed E-state index contributed by atoms with van der Waals surface area (Å²) in [5.41, 5.74) is 3.32. The van der Waals surface area contributed by atoms with Crippen LogP contribution in [0.2, 0.25) is 0 Å². The fourth-order valence-electron chi connectivity index (χ4n) is 2.31. The first-order chi connectivity index (χ1) is 8.52. The van der Waals surface area contributed by atoms with Gasteiger partial charge in [-0.05, 0) is 37.2 Å². The van der Waals surface area contributed by atoms with E-state index in [-0.39, 0.29) is 12.1 Å². The summed E-state index contributed by atoms with van der Waals surface area (Å²) in [6, 6.07) is 6.17. The molecule has 98 valence electrons. The Kier molecular flexibility index (Phi) is 3.68. The van der Waals surface area contributed by atoms with E-state index in [1.807, 2.05) is 39.0 Å². The topological polar surface area (TPSA) is 47.9 Å². The van der Waals surface area contributed by atoms with E-state index in [0.717, 1.165) is 23.5 Å². The minimum absolute atomic E-state index is 0.0230. The highest BCUT2D eigenvalue weighted by atomic mass is 16.3. The van der Waals surface area contributed by atoms with Gasteiger partial charge in [-0.1, -0.05) is 6.07 Å². The van der Waals surface area contributed by atoms with E-state index in [9.17, 15) is 5.11 Å². The maximum atomic E-state index is 9.96. The third-order valence-electron chi connectivity index (χ3n) is 3.53. The summed E-state index contributed by atoms with van der Waals surface area (Å²) in [6.45, 7) is 1.98. The fraction of sp³-hybridized carbons (Fsp3) is 0.500. The fourth-order valence-corrected chi connectivity index (χ4v) is 2.31. The van der Waals surface area contributed by atoms with Crippen LogP contribution >= 0.6 is 0 Å². The molecule has 0 unspecified atom stereocenters. The Morgan fingerprint density at radius 3 is 2.78 bits per heavy atom. The van der Waals surface area contributed by atoms with E-state index >= 15 is 0 Å². The van der Waals surface area contributed by atoms with Gasteiger partial charge in [-0.25, -0.2) is 4.99 Å². The van der Waals surface area contributed by atoms with Gasteiger partial charge in [0, 0.05) is 20.5 Å². The molecule has 0 fully saturated rings. The molecule has 4 nitrogen and oxygen atoms in total. The predicted molar refractivity (Wildman–Crippen MR) is 74.4 cm³/mol. The minimum Gasteiger partial charge on any atom is -0.391 e. The SMILES string of the molecule is CN[C@@H]1c2cc(N=C(C)N(C)C)ccc2C[C@H]1O. The first-order valence-corrected chi connectivity index (χ1v) is 6.23. The van der Waals surface area contributed by atoms with Gasteiger partial charge >= 0.3 is 0 Å². The zero-order valence-electron chi connectivity index (χ0n) is 11.4. The average molecular weight is 247 g/mol. The summed E-state index contributed by atoms with van der Waals surface area (Å²) in [4.78, 5) is 6.55. The molecule has 0 aromatic heterocycles. The zero-order chi connectivity index (χ0) is 13.3. The molecule has 0 radical (unpaired) electrons. The van der Waals surface area contributed by atoms with Crippen molar-refractivity contribution in [3.8, 4) is 0 Å². The summed E-state index contributed by atoms with van der Waals surface area (Å²) in [5.74, 6) is 0.967. The Morgan fingerprint density at radius 2 is 2.17 bits per heavy atom. The molecular weight excluding hydrogens is 226 g/mol. The summed E-state index contributed by atoms with van der Waals surface area (Å²) in [7, 11) is 5.84. The minimum atomic E-state index is -0.334. The van der Waals surface area contributed by atoms with E-state index in [1.165, 1.54) is 5.56 Å². The second-order valence-electron chi connectivity index (χ2n) is 4.97. The van der Waals surface area contributed by atoms with Gasteiger partial charge in [-0.15, -0.1) is 0 Å². The smallest absolute Gasteiger partial charge is 0.101 e. The second-order valence-corrected chi connectivity index (χ2v) is 4.97. The van der Waals surface area contributed by atoms with Crippen molar-refractivity contribution in [2.45, 2.75) is 25.5 Å². The van der Waals surface area contributed by atoms with Gasteiger partial charge in [-0.3, -0.25) is 0 Å². The highest BCUT2D eigenvalue weighted by molar-refractivity contribution is 5.82. The molecule has 0 saturated carbocycles. The van der Waals surface area contributed by atoms with Crippen molar-refractivity contribution in [1.29, 1.82) is 0 Å². The van der Waals surface area contributed by atoms with Crippen LogP contribution in [0.25, 0.3) is 0 Å². The lowest BCUT2D eigenvalue weighted by Crippen LogP contribution is -2.25. The van der Waals surface area contributed by atoms with E-state index in [2.05, 4.69) is 22.4 Å². The van der Waals surface area contributed by atoms with E-state index in [0.29, 0.717) is 0 Å². The van der Waals surface area contributed by atoms with Crippen molar-refractivity contribution in [3.05, 3.63) is 29.3 Å². The third-order valence-corrected chi connectivity index (χ3v) is 3.53. The third kappa shape index (κ3) is 2.40. The number of aliphatic hydroxyl groups is 1. The van der Waals surface area contributed by atoms with Crippen LogP contribution in [-0.4, -0.2) is 43.1 Å². The summed E-state index contributed by atoms with van der Waals surface area (Å²) in [6.07, 6.45) is 0.386. The van der Waals surface area contributed by atoms with E-state index in [1.54, 1.807) is 0 Å². The summed E-state index contributed by atoms with van der Waals surface area (Å²) in [5, 5.41) is 13.1. The highest BCUT2D eigenvalue weighted by Gasteiger charge is 2.29. The molecule has 2 rings (SSSR count). The Balaban J connectivity index is 2.34. The number of aliphatic imine (C=N–C) groups is 1. The molecule has 2 N–H and O–H groups in total. The molecule has 0 bridgehead atoms. The van der Waals surface area contributed by atoms with Gasteiger partial charge in [-0.2, -0.15) is 0 Å². The molecule has 4 heteroatoms. The van der Waals surface area contributed by atoms with Crippen LogP contribution in [0.15, 0.2) is 23.2 Å². The molecule has 1 aliphatic rings. The standard InChI is InChI=1S/C14H21N3O/c1-9(17(3)4)16-11-6-5-10-7-13(18)14(15-2)12(10)8-11/h5-6,8,13-15,18H,7H2,1-4H3/t13-,14-/m1/s1. The van der Waals surface area contributed by atoms with Gasteiger partial charge in [0.15, 0.2) is 0 Å². The number of hydrogen-bond donors (Lipinski definition) is 2. The number of benzene rings is 1. The van der Waals surface area contributed by atoms with Crippen LogP contribution in [-0.2, 0) is 6.42 Å². The highest BCUT2D eigenvalue weighted by Crippen LogP contribution is 2.33. The lowest BCUT2D eigenvalue weighted by Gasteiger charge is -2.15. The Hall–Kier alpha value is -1.39. The number of rotatable bonds is 2. The predicted octanol–water partition coefficient (Wildman–Crippen LogP) is 1.48. The molecule has 1 aliphatic carbocycles. The van der Waals surface area contributed by atoms with Gasteiger partial charge < -0.3 is 15.3 Å². The summed E-state index contributed by atoms with van der Waals surface area (Å²) >= 11 is 0. The first-order valence-electron chi connectivity index (χ1n) is 6.23. The number of hydrogen-bond acceptors (Lipinski definition) is 3. The van der Waals surface area contributed by atoms with Crippen molar-refractivity contribution in [2.24, 2.45) is 4.99 Å². The molecule has 2 atom stereocenters. The molecular formula is C14H21N3O. The first kappa shape index (κ1) is 13.1. The Bertz CT molecular complexity index is 468. The summed E-state index contributed by atoms with van der Waals surface area (Å²) < 4.78 is 0. The number of amidine groups is 1. The number of aliphatic hydroxyl groups excluding tert-OH is 1. The molecule has 0 amide bonds. The monoisotopic (exact) mass is 247 g/mol. The number of nitrogens with zero attached hydrogens (tertiary/aromatic N) is 2. The Morgan fingerprint density at radius 1 is 1.44 bits per heavy atom. The molecule has 1 aromatic rings. The van der Waals surface area contributed by atoms with E-state index < -0.39 is 0 Å².